The number of halogens is 2. The van der Waals surface area contributed by atoms with Gasteiger partial charge in [0.1, 0.15) is 5.82 Å². The van der Waals surface area contributed by atoms with Gasteiger partial charge in [0, 0.05) is 36.8 Å². The fourth-order valence-electron chi connectivity index (χ4n) is 2.90. The molecule has 1 N–H and O–H groups in total. The maximum absolute atomic E-state index is 13.2. The van der Waals surface area contributed by atoms with Crippen molar-refractivity contribution in [2.75, 3.05) is 13.1 Å². The lowest BCUT2D eigenvalue weighted by atomic mass is 10.1. The maximum Gasteiger partial charge on any atom is 0.247 e. The number of nitrogens with one attached hydrogen (secondary N) is 1. The van der Waals surface area contributed by atoms with Gasteiger partial charge >= 0.3 is 0 Å². The Labute approximate surface area is 152 Å². The van der Waals surface area contributed by atoms with Gasteiger partial charge in [-0.1, -0.05) is 41.9 Å². The molecule has 25 heavy (non-hydrogen) atoms. The van der Waals surface area contributed by atoms with Crippen LogP contribution in [0.2, 0.25) is 5.02 Å². The van der Waals surface area contributed by atoms with Gasteiger partial charge in [-0.3, -0.25) is 9.69 Å². The van der Waals surface area contributed by atoms with E-state index in [1.165, 1.54) is 6.07 Å². The molecule has 5 heteroatoms. The summed E-state index contributed by atoms with van der Waals surface area (Å²) >= 11 is 5.95. The highest BCUT2D eigenvalue weighted by molar-refractivity contribution is 6.30. The van der Waals surface area contributed by atoms with E-state index in [1.807, 2.05) is 36.4 Å². The highest BCUT2D eigenvalue weighted by Gasteiger charge is 2.17. The van der Waals surface area contributed by atoms with Crippen LogP contribution in [0.15, 0.2) is 60.2 Å². The molecule has 2 aromatic carbocycles. The van der Waals surface area contributed by atoms with Crippen molar-refractivity contribution in [3.63, 3.8) is 0 Å². The van der Waals surface area contributed by atoms with E-state index in [4.69, 9.17) is 11.6 Å². The van der Waals surface area contributed by atoms with E-state index >= 15 is 0 Å². The molecule has 0 unspecified atom stereocenters. The lowest BCUT2D eigenvalue weighted by Gasteiger charge is -2.26. The van der Waals surface area contributed by atoms with Gasteiger partial charge in [0.2, 0.25) is 5.91 Å². The minimum absolute atomic E-state index is 0.0367. The average molecular weight is 359 g/mol. The number of rotatable bonds is 5. The number of hydrogen-bond donors (Lipinski definition) is 1. The second kappa shape index (κ2) is 8.28. The zero-order valence-electron chi connectivity index (χ0n) is 13.8. The van der Waals surface area contributed by atoms with Gasteiger partial charge in [0.05, 0.1) is 0 Å². The first-order valence-corrected chi connectivity index (χ1v) is 8.66. The number of carbonyl (C=O) groups excluding carboxylic acids is 1. The Balaban J connectivity index is 1.51. The minimum atomic E-state index is -0.217. The van der Waals surface area contributed by atoms with E-state index in [1.54, 1.807) is 12.1 Å². The molecule has 3 rings (SSSR count). The smallest absolute Gasteiger partial charge is 0.247 e. The Morgan fingerprint density at radius 2 is 1.96 bits per heavy atom. The molecule has 3 nitrogen and oxygen atoms in total. The van der Waals surface area contributed by atoms with Crippen molar-refractivity contribution in [1.82, 2.24) is 10.2 Å². The summed E-state index contributed by atoms with van der Waals surface area (Å²) in [6.07, 6.45) is 2.65. The molecule has 130 valence electrons. The topological polar surface area (TPSA) is 32.3 Å². The molecule has 1 heterocycles. The zero-order valence-corrected chi connectivity index (χ0v) is 14.6. The van der Waals surface area contributed by atoms with Gasteiger partial charge < -0.3 is 5.32 Å². The Bertz CT molecular complexity index is 791. The molecule has 2 aromatic rings. The molecule has 0 aromatic heterocycles. The third kappa shape index (κ3) is 5.15. The lowest BCUT2D eigenvalue weighted by molar-refractivity contribution is -0.117. The maximum atomic E-state index is 13.2. The third-order valence-electron chi connectivity index (χ3n) is 4.22. The average Bonchev–Trinajstić information content (AvgIpc) is 2.60. The number of amides is 1. The molecule has 0 radical (unpaired) electrons. The van der Waals surface area contributed by atoms with Crippen molar-refractivity contribution in [1.29, 1.82) is 0 Å². The predicted octanol–water partition coefficient (Wildman–Crippen LogP) is 3.93. The molecule has 0 bridgehead atoms. The van der Waals surface area contributed by atoms with Crippen molar-refractivity contribution in [3.8, 4) is 0 Å². The Morgan fingerprint density at radius 3 is 2.68 bits per heavy atom. The summed E-state index contributed by atoms with van der Waals surface area (Å²) in [6.45, 7) is 2.62. The Kier molecular flexibility index (Phi) is 5.84. The van der Waals surface area contributed by atoms with Gasteiger partial charge in [0.15, 0.2) is 0 Å². The first-order chi connectivity index (χ1) is 12.1. The summed E-state index contributed by atoms with van der Waals surface area (Å²) in [4.78, 5) is 14.5. The van der Waals surface area contributed by atoms with Crippen molar-refractivity contribution in [3.05, 3.63) is 82.1 Å². The van der Waals surface area contributed by atoms with Crippen LogP contribution in [-0.4, -0.2) is 23.9 Å². The largest absolute Gasteiger partial charge is 0.348 e. The lowest BCUT2D eigenvalue weighted by Crippen LogP contribution is -2.33. The highest BCUT2D eigenvalue weighted by Crippen LogP contribution is 2.15. The first-order valence-electron chi connectivity index (χ1n) is 8.28. The SMILES string of the molecule is O=C(NCc1cccc(Cl)c1)C1=CCN(Cc2cccc(F)c2)CC1. The van der Waals surface area contributed by atoms with E-state index in [9.17, 15) is 9.18 Å². The fourth-order valence-corrected chi connectivity index (χ4v) is 3.11. The second-order valence-electron chi connectivity index (χ2n) is 6.16. The van der Waals surface area contributed by atoms with E-state index in [2.05, 4.69) is 10.2 Å². The third-order valence-corrected chi connectivity index (χ3v) is 4.46. The van der Waals surface area contributed by atoms with Crippen LogP contribution in [0.25, 0.3) is 0 Å². The molecule has 1 aliphatic heterocycles. The normalized spacial score (nSPS) is 14.9. The molecule has 1 aliphatic rings. The van der Waals surface area contributed by atoms with Crippen LogP contribution >= 0.6 is 11.6 Å². The van der Waals surface area contributed by atoms with E-state index < -0.39 is 0 Å². The van der Waals surface area contributed by atoms with Crippen LogP contribution in [0.5, 0.6) is 0 Å². The summed E-state index contributed by atoms with van der Waals surface area (Å²) < 4.78 is 13.2. The van der Waals surface area contributed by atoms with Crippen molar-refractivity contribution in [2.45, 2.75) is 19.5 Å². The molecule has 0 saturated carbocycles. The van der Waals surface area contributed by atoms with E-state index in [0.29, 0.717) is 31.1 Å². The number of carbonyl (C=O) groups is 1. The predicted molar refractivity (Wildman–Crippen MR) is 97.7 cm³/mol. The Hall–Kier alpha value is -2.17. The van der Waals surface area contributed by atoms with Crippen LogP contribution in [0, 0.1) is 5.82 Å². The van der Waals surface area contributed by atoms with Gasteiger partial charge in [-0.15, -0.1) is 0 Å². The highest BCUT2D eigenvalue weighted by atomic mass is 35.5. The number of benzene rings is 2. The second-order valence-corrected chi connectivity index (χ2v) is 6.59. The van der Waals surface area contributed by atoms with Gasteiger partial charge in [-0.25, -0.2) is 4.39 Å². The molecule has 0 atom stereocenters. The fraction of sp³-hybridized carbons (Fsp3) is 0.250. The molecule has 0 spiro atoms. The van der Waals surface area contributed by atoms with Gasteiger partial charge in [-0.2, -0.15) is 0 Å². The van der Waals surface area contributed by atoms with Gasteiger partial charge in [0.25, 0.3) is 0 Å². The quantitative estimate of drug-likeness (QED) is 0.878. The molecule has 1 amide bonds. The standard InChI is InChI=1S/C20H20ClFN2O/c21-18-5-1-3-15(11-18)13-23-20(25)17-7-9-24(10-8-17)14-16-4-2-6-19(22)12-16/h1-7,11-12H,8-10,13-14H2,(H,23,25). The van der Waals surface area contributed by atoms with Crippen LogP contribution in [-0.2, 0) is 17.9 Å². The van der Waals surface area contributed by atoms with Crippen molar-refractivity contribution < 1.29 is 9.18 Å². The van der Waals surface area contributed by atoms with Gasteiger partial charge in [-0.05, 0) is 41.8 Å². The van der Waals surface area contributed by atoms with E-state index in [-0.39, 0.29) is 11.7 Å². The van der Waals surface area contributed by atoms with Crippen molar-refractivity contribution >= 4 is 17.5 Å². The summed E-state index contributed by atoms with van der Waals surface area (Å²) in [6, 6.07) is 14.1. The van der Waals surface area contributed by atoms with Crippen LogP contribution in [0.4, 0.5) is 4.39 Å². The van der Waals surface area contributed by atoms with Crippen molar-refractivity contribution in [2.24, 2.45) is 0 Å². The molecular weight excluding hydrogens is 339 g/mol. The molecule has 0 fully saturated rings. The summed E-state index contributed by atoms with van der Waals surface area (Å²) in [7, 11) is 0. The molecule has 0 saturated heterocycles. The molecule has 0 aliphatic carbocycles. The number of hydrogen-bond acceptors (Lipinski definition) is 2. The Morgan fingerprint density at radius 1 is 1.16 bits per heavy atom. The van der Waals surface area contributed by atoms with Crippen LogP contribution in [0.1, 0.15) is 17.5 Å². The zero-order chi connectivity index (χ0) is 17.6. The summed E-state index contributed by atoms with van der Waals surface area (Å²) in [5, 5.41) is 3.60. The monoisotopic (exact) mass is 358 g/mol. The van der Waals surface area contributed by atoms with Crippen LogP contribution < -0.4 is 5.32 Å². The molecular formula is C20H20ClFN2O. The minimum Gasteiger partial charge on any atom is -0.348 e. The summed E-state index contributed by atoms with van der Waals surface area (Å²) in [5.41, 5.74) is 2.73. The van der Waals surface area contributed by atoms with Crippen LogP contribution in [0.3, 0.4) is 0 Å². The van der Waals surface area contributed by atoms with E-state index in [0.717, 1.165) is 23.2 Å². The summed E-state index contributed by atoms with van der Waals surface area (Å²) in [5.74, 6) is -0.253. The first kappa shape index (κ1) is 17.6. The number of nitrogens with zero attached hydrogens (tertiary/aromatic N) is 1.